The van der Waals surface area contributed by atoms with E-state index in [1.807, 2.05) is 23.9 Å². The van der Waals surface area contributed by atoms with Gasteiger partial charge in [-0.1, -0.05) is 30.7 Å². The zero-order valence-corrected chi connectivity index (χ0v) is 15.2. The molecule has 2 aromatic rings. The smallest absolute Gasteiger partial charge is 0.0767 e. The summed E-state index contributed by atoms with van der Waals surface area (Å²) in [6.45, 7) is 5.17. The van der Waals surface area contributed by atoms with Crippen molar-refractivity contribution in [2.45, 2.75) is 32.9 Å². The summed E-state index contributed by atoms with van der Waals surface area (Å²) in [7, 11) is 4.13. The van der Waals surface area contributed by atoms with Gasteiger partial charge >= 0.3 is 0 Å². The molecule has 3 nitrogen and oxygen atoms in total. The minimum Gasteiger partial charge on any atom is -0.294 e. The minimum atomic E-state index is 0.314. The van der Waals surface area contributed by atoms with Gasteiger partial charge in [-0.15, -0.1) is 0 Å². The molecule has 0 fully saturated rings. The number of hydrogen-bond donors (Lipinski definition) is 0. The molecule has 0 aliphatic carbocycles. The van der Waals surface area contributed by atoms with Crippen LogP contribution in [0.15, 0.2) is 28.7 Å². The number of aryl methyl sites for hydroxylation is 2. The normalized spacial score (nSPS) is 12.9. The van der Waals surface area contributed by atoms with Crippen LogP contribution in [0.1, 0.15) is 36.8 Å². The predicted octanol–water partition coefficient (Wildman–Crippen LogP) is 4.59. The van der Waals surface area contributed by atoms with Crippen molar-refractivity contribution in [3.8, 4) is 0 Å². The lowest BCUT2D eigenvalue weighted by molar-refractivity contribution is 0.246. The lowest BCUT2D eigenvalue weighted by atomic mass is 10.1. The maximum Gasteiger partial charge on any atom is 0.0767 e. The molecule has 1 heterocycles. The summed E-state index contributed by atoms with van der Waals surface area (Å²) in [4.78, 5) is 2.31. The van der Waals surface area contributed by atoms with Gasteiger partial charge in [-0.3, -0.25) is 9.58 Å². The van der Waals surface area contributed by atoms with Crippen LogP contribution in [0.3, 0.4) is 0 Å². The second-order valence-corrected chi connectivity index (χ2v) is 6.56. The SMILES string of the molecule is CCc1nn(C)c(CN(C)C(C)c2ccc(Cl)cc2)c1Br. The molecule has 1 aromatic heterocycles. The molecule has 2 rings (SSSR count). The fourth-order valence-electron chi connectivity index (χ4n) is 2.36. The number of hydrogen-bond acceptors (Lipinski definition) is 2. The first kappa shape index (κ1) is 16.5. The Kier molecular flexibility index (Phi) is 5.47. The van der Waals surface area contributed by atoms with Gasteiger partial charge in [-0.25, -0.2) is 0 Å². The Labute approximate surface area is 140 Å². The first-order chi connectivity index (χ1) is 9.93. The molecule has 1 atom stereocenters. The topological polar surface area (TPSA) is 21.1 Å². The van der Waals surface area contributed by atoms with Crippen molar-refractivity contribution in [1.82, 2.24) is 14.7 Å². The van der Waals surface area contributed by atoms with Crippen LogP contribution < -0.4 is 0 Å². The van der Waals surface area contributed by atoms with Crippen molar-refractivity contribution in [2.24, 2.45) is 7.05 Å². The Morgan fingerprint density at radius 2 is 1.95 bits per heavy atom. The minimum absolute atomic E-state index is 0.314. The Hall–Kier alpha value is -0.840. The highest BCUT2D eigenvalue weighted by Crippen LogP contribution is 2.26. The molecule has 0 aliphatic rings. The third-order valence-corrected chi connectivity index (χ3v) is 5.08. The zero-order valence-electron chi connectivity index (χ0n) is 12.9. The molecule has 0 bridgehead atoms. The third kappa shape index (κ3) is 3.68. The molecule has 0 amide bonds. The Morgan fingerprint density at radius 1 is 1.33 bits per heavy atom. The molecule has 21 heavy (non-hydrogen) atoms. The lowest BCUT2D eigenvalue weighted by Gasteiger charge is -2.25. The van der Waals surface area contributed by atoms with E-state index >= 15 is 0 Å². The van der Waals surface area contributed by atoms with Crippen LogP contribution in [0.4, 0.5) is 0 Å². The van der Waals surface area contributed by atoms with Crippen molar-refractivity contribution in [2.75, 3.05) is 7.05 Å². The molecule has 0 radical (unpaired) electrons. The predicted molar refractivity (Wildman–Crippen MR) is 91.6 cm³/mol. The van der Waals surface area contributed by atoms with Crippen LogP contribution in [0.2, 0.25) is 5.02 Å². The molecule has 1 aromatic carbocycles. The zero-order chi connectivity index (χ0) is 15.6. The van der Waals surface area contributed by atoms with E-state index in [-0.39, 0.29) is 0 Å². The Bertz CT molecular complexity index is 607. The fourth-order valence-corrected chi connectivity index (χ4v) is 3.23. The van der Waals surface area contributed by atoms with Gasteiger partial charge in [-0.05, 0) is 54.0 Å². The first-order valence-electron chi connectivity index (χ1n) is 7.10. The van der Waals surface area contributed by atoms with E-state index in [1.165, 1.54) is 11.3 Å². The lowest BCUT2D eigenvalue weighted by Crippen LogP contribution is -2.23. The van der Waals surface area contributed by atoms with Crippen molar-refractivity contribution in [3.05, 3.63) is 50.7 Å². The van der Waals surface area contributed by atoms with Crippen molar-refractivity contribution >= 4 is 27.5 Å². The number of rotatable bonds is 5. The Balaban J connectivity index is 2.15. The molecule has 0 N–H and O–H groups in total. The van der Waals surface area contributed by atoms with Gasteiger partial charge in [0.25, 0.3) is 0 Å². The van der Waals surface area contributed by atoms with Crippen LogP contribution in [0.25, 0.3) is 0 Å². The fraction of sp³-hybridized carbons (Fsp3) is 0.438. The van der Waals surface area contributed by atoms with E-state index in [4.69, 9.17) is 11.6 Å². The van der Waals surface area contributed by atoms with Crippen LogP contribution >= 0.6 is 27.5 Å². The molecule has 0 saturated carbocycles. The van der Waals surface area contributed by atoms with Gasteiger partial charge in [0, 0.05) is 24.7 Å². The third-order valence-electron chi connectivity index (χ3n) is 3.92. The van der Waals surface area contributed by atoms with E-state index in [0.29, 0.717) is 6.04 Å². The maximum atomic E-state index is 5.95. The van der Waals surface area contributed by atoms with Crippen LogP contribution in [-0.4, -0.2) is 21.7 Å². The highest BCUT2D eigenvalue weighted by Gasteiger charge is 2.18. The van der Waals surface area contributed by atoms with E-state index in [0.717, 1.165) is 28.2 Å². The van der Waals surface area contributed by atoms with Gasteiger partial charge in [0.2, 0.25) is 0 Å². The van der Waals surface area contributed by atoms with E-state index in [1.54, 1.807) is 0 Å². The largest absolute Gasteiger partial charge is 0.294 e. The number of halogens is 2. The molecule has 5 heteroatoms. The molecule has 0 aliphatic heterocycles. The van der Waals surface area contributed by atoms with E-state index < -0.39 is 0 Å². The summed E-state index contributed by atoms with van der Waals surface area (Å²) in [6, 6.07) is 8.36. The van der Waals surface area contributed by atoms with Crippen LogP contribution in [-0.2, 0) is 20.0 Å². The van der Waals surface area contributed by atoms with Crippen LogP contribution in [0, 0.1) is 0 Å². The van der Waals surface area contributed by atoms with Gasteiger partial charge in [0.1, 0.15) is 0 Å². The molecular formula is C16H21BrClN3. The van der Waals surface area contributed by atoms with Gasteiger partial charge in [-0.2, -0.15) is 5.10 Å². The summed E-state index contributed by atoms with van der Waals surface area (Å²) in [5.74, 6) is 0. The quantitative estimate of drug-likeness (QED) is 0.767. The standard InChI is InChI=1S/C16H21BrClN3/c1-5-14-16(17)15(21(4)19-14)10-20(3)11(2)12-6-8-13(18)9-7-12/h6-9,11H,5,10H2,1-4H3. The number of benzene rings is 1. The van der Waals surface area contributed by atoms with E-state index in [9.17, 15) is 0 Å². The monoisotopic (exact) mass is 369 g/mol. The average molecular weight is 371 g/mol. The summed E-state index contributed by atoms with van der Waals surface area (Å²) in [6.07, 6.45) is 0.935. The van der Waals surface area contributed by atoms with E-state index in [2.05, 4.69) is 59.0 Å². The second kappa shape index (κ2) is 6.95. The number of aromatic nitrogens is 2. The second-order valence-electron chi connectivity index (χ2n) is 5.33. The summed E-state index contributed by atoms with van der Waals surface area (Å²) in [5.41, 5.74) is 3.58. The van der Waals surface area contributed by atoms with Crippen molar-refractivity contribution in [3.63, 3.8) is 0 Å². The summed E-state index contributed by atoms with van der Waals surface area (Å²) >= 11 is 9.63. The molecule has 1 unspecified atom stereocenters. The molecule has 0 saturated heterocycles. The Morgan fingerprint density at radius 3 is 2.48 bits per heavy atom. The average Bonchev–Trinajstić information content (AvgIpc) is 2.74. The maximum absolute atomic E-state index is 5.95. The van der Waals surface area contributed by atoms with Crippen LogP contribution in [0.5, 0.6) is 0 Å². The van der Waals surface area contributed by atoms with Gasteiger partial charge in [0.15, 0.2) is 0 Å². The summed E-state index contributed by atoms with van der Waals surface area (Å²) < 4.78 is 3.09. The highest BCUT2D eigenvalue weighted by atomic mass is 79.9. The summed E-state index contributed by atoms with van der Waals surface area (Å²) in [5, 5.41) is 5.32. The highest BCUT2D eigenvalue weighted by molar-refractivity contribution is 9.10. The van der Waals surface area contributed by atoms with Gasteiger partial charge < -0.3 is 0 Å². The first-order valence-corrected chi connectivity index (χ1v) is 8.27. The van der Waals surface area contributed by atoms with Gasteiger partial charge in [0.05, 0.1) is 15.9 Å². The molecule has 0 spiro atoms. The van der Waals surface area contributed by atoms with Crippen molar-refractivity contribution < 1.29 is 0 Å². The number of nitrogens with zero attached hydrogens (tertiary/aromatic N) is 3. The molecule has 114 valence electrons. The van der Waals surface area contributed by atoms with Crippen molar-refractivity contribution in [1.29, 1.82) is 0 Å². The molecular weight excluding hydrogens is 350 g/mol.